The highest BCUT2D eigenvalue weighted by atomic mass is 35.5. The molecule has 0 radical (unpaired) electrons. The Hall–Kier alpha value is -2.04. The van der Waals surface area contributed by atoms with Gasteiger partial charge in [0.15, 0.2) is 0 Å². The summed E-state index contributed by atoms with van der Waals surface area (Å²) in [7, 11) is 1.63. The third kappa shape index (κ3) is 3.33. The Labute approximate surface area is 140 Å². The molecule has 0 spiro atoms. The van der Waals surface area contributed by atoms with Gasteiger partial charge in [0, 0.05) is 23.7 Å². The summed E-state index contributed by atoms with van der Waals surface area (Å²) in [6, 6.07) is 13.3. The van der Waals surface area contributed by atoms with E-state index in [1.54, 1.807) is 13.2 Å². The predicted octanol–water partition coefficient (Wildman–Crippen LogP) is 2.76. The van der Waals surface area contributed by atoms with Gasteiger partial charge in [-0.3, -0.25) is 9.69 Å². The molecule has 2 N–H and O–H groups in total. The zero-order chi connectivity index (χ0) is 16.4. The highest BCUT2D eigenvalue weighted by Crippen LogP contribution is 2.29. The van der Waals surface area contributed by atoms with Gasteiger partial charge in [-0.25, -0.2) is 0 Å². The molecule has 0 saturated carbocycles. The lowest BCUT2D eigenvalue weighted by molar-refractivity contribution is -0.124. The molecule has 2 aromatic rings. The number of hydrogen-bond donors (Lipinski definition) is 1. The summed E-state index contributed by atoms with van der Waals surface area (Å²) in [6.07, 6.45) is 0.633. The second-order valence-electron chi connectivity index (χ2n) is 5.75. The van der Waals surface area contributed by atoms with E-state index in [2.05, 4.69) is 17.0 Å². The molecule has 120 valence electrons. The molecule has 1 atom stereocenters. The van der Waals surface area contributed by atoms with Crippen molar-refractivity contribution in [2.45, 2.75) is 25.6 Å². The van der Waals surface area contributed by atoms with Crippen molar-refractivity contribution in [2.75, 3.05) is 7.11 Å². The molecule has 0 bridgehead atoms. The van der Waals surface area contributed by atoms with Gasteiger partial charge in [0.2, 0.25) is 5.91 Å². The quantitative estimate of drug-likeness (QED) is 0.937. The third-order valence-electron chi connectivity index (χ3n) is 4.29. The molecular weight excluding hydrogens is 312 g/mol. The third-order valence-corrected chi connectivity index (χ3v) is 4.53. The molecule has 0 unspecified atom stereocenters. The lowest BCUT2D eigenvalue weighted by Crippen LogP contribution is -2.48. The minimum Gasteiger partial charge on any atom is -0.496 e. The first-order valence-corrected chi connectivity index (χ1v) is 7.89. The van der Waals surface area contributed by atoms with Gasteiger partial charge >= 0.3 is 0 Å². The van der Waals surface area contributed by atoms with Crippen LogP contribution in [0.5, 0.6) is 5.75 Å². The monoisotopic (exact) mass is 330 g/mol. The number of fused-ring (bicyclic) bond motifs is 1. The Balaban J connectivity index is 1.92. The van der Waals surface area contributed by atoms with E-state index in [0.717, 1.165) is 11.3 Å². The first kappa shape index (κ1) is 15.8. The first-order valence-electron chi connectivity index (χ1n) is 7.51. The zero-order valence-corrected chi connectivity index (χ0v) is 13.7. The summed E-state index contributed by atoms with van der Waals surface area (Å²) in [5.41, 5.74) is 8.99. The van der Waals surface area contributed by atoms with Crippen molar-refractivity contribution in [2.24, 2.45) is 5.73 Å². The van der Waals surface area contributed by atoms with Gasteiger partial charge < -0.3 is 10.5 Å². The number of primary amides is 1. The second-order valence-corrected chi connectivity index (χ2v) is 6.19. The lowest BCUT2D eigenvalue weighted by atomic mass is 9.93. The number of amides is 1. The number of nitrogens with zero attached hydrogens (tertiary/aromatic N) is 1. The van der Waals surface area contributed by atoms with Crippen LogP contribution in [0, 0.1) is 0 Å². The summed E-state index contributed by atoms with van der Waals surface area (Å²) in [6.45, 7) is 1.24. The number of nitrogens with two attached hydrogens (primary N) is 1. The van der Waals surface area contributed by atoms with Gasteiger partial charge in [-0.05, 0) is 35.7 Å². The summed E-state index contributed by atoms with van der Waals surface area (Å²) in [5, 5.41) is 0.647. The molecule has 1 heterocycles. The minimum atomic E-state index is -0.325. The number of ether oxygens (including phenoxy) is 1. The molecule has 0 aliphatic carbocycles. The van der Waals surface area contributed by atoms with Crippen molar-refractivity contribution < 1.29 is 9.53 Å². The van der Waals surface area contributed by atoms with Crippen molar-refractivity contribution in [1.29, 1.82) is 0 Å². The summed E-state index contributed by atoms with van der Waals surface area (Å²) in [5.74, 6) is 0.456. The number of methoxy groups -OCH3 is 1. The van der Waals surface area contributed by atoms with E-state index in [1.807, 2.05) is 24.3 Å². The fourth-order valence-electron chi connectivity index (χ4n) is 3.11. The molecule has 23 heavy (non-hydrogen) atoms. The summed E-state index contributed by atoms with van der Waals surface area (Å²) < 4.78 is 5.41. The van der Waals surface area contributed by atoms with Gasteiger partial charge in [0.1, 0.15) is 5.75 Å². The number of halogens is 1. The van der Waals surface area contributed by atoms with Crippen molar-refractivity contribution >= 4 is 17.5 Å². The van der Waals surface area contributed by atoms with Crippen molar-refractivity contribution in [3.63, 3.8) is 0 Å². The van der Waals surface area contributed by atoms with Crippen LogP contribution in [0.4, 0.5) is 0 Å². The van der Waals surface area contributed by atoms with Crippen LogP contribution < -0.4 is 10.5 Å². The van der Waals surface area contributed by atoms with Crippen molar-refractivity contribution in [3.8, 4) is 5.75 Å². The van der Waals surface area contributed by atoms with Crippen molar-refractivity contribution in [3.05, 3.63) is 64.2 Å². The van der Waals surface area contributed by atoms with Crippen LogP contribution in [-0.4, -0.2) is 24.0 Å². The van der Waals surface area contributed by atoms with E-state index in [9.17, 15) is 4.79 Å². The van der Waals surface area contributed by atoms with E-state index in [0.29, 0.717) is 24.5 Å². The van der Waals surface area contributed by atoms with Gasteiger partial charge in [-0.2, -0.15) is 0 Å². The molecule has 1 aliphatic rings. The van der Waals surface area contributed by atoms with Gasteiger partial charge in [-0.1, -0.05) is 35.9 Å². The standard InChI is InChI=1S/C18H19ClN2O2/c1-23-17-7-6-15(19)8-14(17)11-21-10-13-5-3-2-4-12(13)9-16(21)18(20)22/h2-8,16H,9-11H2,1H3,(H2,20,22)/t16-/m1/s1. The Bertz CT molecular complexity index is 733. The number of benzene rings is 2. The molecule has 5 heteroatoms. The van der Waals surface area contributed by atoms with Crippen LogP contribution in [0.3, 0.4) is 0 Å². The van der Waals surface area contributed by atoms with Crippen molar-refractivity contribution in [1.82, 2.24) is 4.90 Å². The molecule has 1 aliphatic heterocycles. The van der Waals surface area contributed by atoms with E-state index >= 15 is 0 Å². The molecular formula is C18H19ClN2O2. The van der Waals surface area contributed by atoms with E-state index in [4.69, 9.17) is 22.1 Å². The Kier molecular flexibility index (Phi) is 4.55. The molecule has 0 saturated heterocycles. The average molecular weight is 331 g/mol. The fraction of sp³-hybridized carbons (Fsp3) is 0.278. The van der Waals surface area contributed by atoms with Crippen LogP contribution in [0.2, 0.25) is 5.02 Å². The van der Waals surface area contributed by atoms with E-state index in [1.165, 1.54) is 11.1 Å². The first-order chi connectivity index (χ1) is 11.1. The maximum atomic E-state index is 11.9. The van der Waals surface area contributed by atoms with Gasteiger partial charge in [-0.15, -0.1) is 0 Å². The second kappa shape index (κ2) is 6.60. The topological polar surface area (TPSA) is 55.6 Å². The molecule has 0 fully saturated rings. The highest BCUT2D eigenvalue weighted by Gasteiger charge is 2.30. The number of carbonyl (C=O) groups excluding carboxylic acids is 1. The molecule has 0 aromatic heterocycles. The van der Waals surface area contributed by atoms with Crippen LogP contribution in [0.15, 0.2) is 42.5 Å². The summed E-state index contributed by atoms with van der Waals surface area (Å²) >= 11 is 6.11. The predicted molar refractivity (Wildman–Crippen MR) is 90.4 cm³/mol. The van der Waals surface area contributed by atoms with E-state index < -0.39 is 0 Å². The molecule has 1 amide bonds. The minimum absolute atomic E-state index is 0.305. The van der Waals surface area contributed by atoms with Crippen LogP contribution in [0.25, 0.3) is 0 Å². The Morgan fingerprint density at radius 2 is 2.04 bits per heavy atom. The number of rotatable bonds is 4. The number of hydrogen-bond acceptors (Lipinski definition) is 3. The zero-order valence-electron chi connectivity index (χ0n) is 13.0. The smallest absolute Gasteiger partial charge is 0.235 e. The van der Waals surface area contributed by atoms with Gasteiger partial charge in [0.25, 0.3) is 0 Å². The lowest BCUT2D eigenvalue weighted by Gasteiger charge is -2.35. The molecule has 4 nitrogen and oxygen atoms in total. The maximum absolute atomic E-state index is 11.9. The molecule has 3 rings (SSSR count). The van der Waals surface area contributed by atoms with Gasteiger partial charge in [0.05, 0.1) is 13.2 Å². The number of carbonyl (C=O) groups is 1. The van der Waals surface area contributed by atoms with Crippen LogP contribution in [-0.2, 0) is 24.3 Å². The Morgan fingerprint density at radius 1 is 1.30 bits per heavy atom. The normalized spacial score (nSPS) is 17.6. The largest absolute Gasteiger partial charge is 0.496 e. The average Bonchev–Trinajstić information content (AvgIpc) is 2.54. The van der Waals surface area contributed by atoms with E-state index in [-0.39, 0.29) is 11.9 Å². The molecule has 2 aromatic carbocycles. The van der Waals surface area contributed by atoms with Crippen LogP contribution in [0.1, 0.15) is 16.7 Å². The van der Waals surface area contributed by atoms with Crippen LogP contribution >= 0.6 is 11.6 Å². The SMILES string of the molecule is COc1ccc(Cl)cc1CN1Cc2ccccc2C[C@@H]1C(N)=O. The highest BCUT2D eigenvalue weighted by molar-refractivity contribution is 6.30. The fourth-order valence-corrected chi connectivity index (χ4v) is 3.31. The summed E-state index contributed by atoms with van der Waals surface area (Å²) in [4.78, 5) is 14.0. The Morgan fingerprint density at radius 3 is 2.74 bits per heavy atom. The maximum Gasteiger partial charge on any atom is 0.235 e.